The summed E-state index contributed by atoms with van der Waals surface area (Å²) in [6, 6.07) is 3.48. The van der Waals surface area contributed by atoms with E-state index in [1.54, 1.807) is 18.3 Å². The number of hydrogen-bond acceptors (Lipinski definition) is 3. The predicted molar refractivity (Wildman–Crippen MR) is 77.3 cm³/mol. The Balaban J connectivity index is 2.14. The van der Waals surface area contributed by atoms with E-state index in [1.165, 1.54) is 0 Å². The van der Waals surface area contributed by atoms with Gasteiger partial charge in [0.15, 0.2) is 5.82 Å². The minimum absolute atomic E-state index is 0.0298. The fraction of sp³-hybridized carbons (Fsp3) is 0.571. The molecule has 104 valence electrons. The monoisotopic (exact) mass is 281 g/mol. The van der Waals surface area contributed by atoms with E-state index < -0.39 is 0 Å². The number of rotatable bonds is 4. The van der Waals surface area contributed by atoms with E-state index in [-0.39, 0.29) is 11.3 Å². The molecular formula is C14H20ClN3O. The van der Waals surface area contributed by atoms with Crippen LogP contribution in [0.25, 0.3) is 0 Å². The number of aromatic nitrogens is 1. The number of halogens is 1. The van der Waals surface area contributed by atoms with Gasteiger partial charge in [-0.25, -0.2) is 4.98 Å². The van der Waals surface area contributed by atoms with E-state index in [2.05, 4.69) is 22.5 Å². The van der Waals surface area contributed by atoms with Crippen molar-refractivity contribution in [1.29, 1.82) is 0 Å². The van der Waals surface area contributed by atoms with Crippen LogP contribution in [0.15, 0.2) is 18.3 Å². The highest BCUT2D eigenvalue weighted by atomic mass is 35.5. The van der Waals surface area contributed by atoms with Gasteiger partial charge in [-0.3, -0.25) is 4.79 Å². The van der Waals surface area contributed by atoms with E-state index in [4.69, 9.17) is 11.6 Å². The van der Waals surface area contributed by atoms with Crippen LogP contribution in [0.4, 0.5) is 5.82 Å². The number of carbonyl (C=O) groups is 1. The average molecular weight is 282 g/mol. The molecule has 1 saturated heterocycles. The highest BCUT2D eigenvalue weighted by Gasteiger charge is 2.38. The van der Waals surface area contributed by atoms with Crippen LogP contribution in [-0.4, -0.2) is 24.0 Å². The molecule has 1 fully saturated rings. The Labute approximate surface area is 118 Å². The summed E-state index contributed by atoms with van der Waals surface area (Å²) in [5.41, 5.74) is -0.326. The zero-order chi connectivity index (χ0) is 13.7. The van der Waals surface area contributed by atoms with Crippen molar-refractivity contribution in [3.63, 3.8) is 0 Å². The van der Waals surface area contributed by atoms with Gasteiger partial charge in [0.1, 0.15) is 0 Å². The zero-order valence-corrected chi connectivity index (χ0v) is 12.0. The van der Waals surface area contributed by atoms with E-state index in [0.29, 0.717) is 10.8 Å². The van der Waals surface area contributed by atoms with Crippen LogP contribution >= 0.6 is 11.6 Å². The summed E-state index contributed by atoms with van der Waals surface area (Å²) >= 11 is 6.04. The molecule has 1 aliphatic rings. The first-order valence-corrected chi connectivity index (χ1v) is 7.18. The molecule has 1 aliphatic heterocycles. The molecule has 0 saturated carbocycles. The molecule has 2 N–H and O–H groups in total. The molecule has 0 aliphatic carbocycles. The molecule has 19 heavy (non-hydrogen) atoms. The molecule has 0 aromatic carbocycles. The average Bonchev–Trinajstić information content (AvgIpc) is 2.42. The first-order valence-electron chi connectivity index (χ1n) is 6.81. The summed E-state index contributed by atoms with van der Waals surface area (Å²) in [5.74, 6) is 0.484. The standard InChI is InChI=1S/C14H20ClN3O/c1-2-6-14(7-4-8-16-10-14)13(19)18-12-11(15)5-3-9-17-12/h3,5,9,16H,2,4,6-8,10H2,1H3,(H,17,18,19). The lowest BCUT2D eigenvalue weighted by Gasteiger charge is -2.36. The summed E-state index contributed by atoms with van der Waals surface area (Å²) in [7, 11) is 0. The van der Waals surface area contributed by atoms with Gasteiger partial charge in [-0.2, -0.15) is 0 Å². The Morgan fingerprint density at radius 1 is 1.63 bits per heavy atom. The smallest absolute Gasteiger partial charge is 0.233 e. The number of piperidine rings is 1. The van der Waals surface area contributed by atoms with Crippen molar-refractivity contribution in [2.45, 2.75) is 32.6 Å². The quantitative estimate of drug-likeness (QED) is 0.892. The van der Waals surface area contributed by atoms with Gasteiger partial charge in [0.25, 0.3) is 0 Å². The summed E-state index contributed by atoms with van der Waals surface area (Å²) < 4.78 is 0. The third kappa shape index (κ3) is 3.25. The maximum Gasteiger partial charge on any atom is 0.233 e. The minimum Gasteiger partial charge on any atom is -0.316 e. The number of anilines is 1. The van der Waals surface area contributed by atoms with Crippen LogP contribution < -0.4 is 10.6 Å². The molecule has 1 unspecified atom stereocenters. The fourth-order valence-corrected chi connectivity index (χ4v) is 2.85. The second-order valence-corrected chi connectivity index (χ2v) is 5.51. The Morgan fingerprint density at radius 2 is 2.47 bits per heavy atom. The van der Waals surface area contributed by atoms with Crippen molar-refractivity contribution in [1.82, 2.24) is 10.3 Å². The SMILES string of the molecule is CCCC1(C(=O)Nc2ncccc2Cl)CCCNC1. The van der Waals surface area contributed by atoms with Gasteiger partial charge in [-0.05, 0) is 37.9 Å². The molecule has 4 nitrogen and oxygen atoms in total. The lowest BCUT2D eigenvalue weighted by atomic mass is 9.76. The molecule has 0 bridgehead atoms. The second-order valence-electron chi connectivity index (χ2n) is 5.10. The number of pyridine rings is 1. The maximum atomic E-state index is 12.6. The number of amides is 1. The van der Waals surface area contributed by atoms with E-state index in [9.17, 15) is 4.79 Å². The minimum atomic E-state index is -0.326. The molecule has 5 heteroatoms. The number of hydrogen-bond donors (Lipinski definition) is 2. The third-order valence-corrected chi connectivity index (χ3v) is 3.98. The fourth-order valence-electron chi connectivity index (χ4n) is 2.68. The maximum absolute atomic E-state index is 12.6. The molecule has 1 aromatic heterocycles. The van der Waals surface area contributed by atoms with Crippen LogP contribution in [0, 0.1) is 5.41 Å². The van der Waals surface area contributed by atoms with Gasteiger partial charge in [0.05, 0.1) is 10.4 Å². The number of nitrogens with zero attached hydrogens (tertiary/aromatic N) is 1. The number of carbonyl (C=O) groups excluding carboxylic acids is 1. The molecule has 0 radical (unpaired) electrons. The highest BCUT2D eigenvalue weighted by molar-refractivity contribution is 6.33. The van der Waals surface area contributed by atoms with Crippen LogP contribution in [0.3, 0.4) is 0 Å². The van der Waals surface area contributed by atoms with Crippen molar-refractivity contribution in [2.24, 2.45) is 5.41 Å². The summed E-state index contributed by atoms with van der Waals surface area (Å²) in [6.45, 7) is 3.83. The van der Waals surface area contributed by atoms with Gasteiger partial charge in [-0.1, -0.05) is 24.9 Å². The Bertz CT molecular complexity index is 439. The van der Waals surface area contributed by atoms with Crippen molar-refractivity contribution in [3.05, 3.63) is 23.4 Å². The third-order valence-electron chi connectivity index (χ3n) is 3.67. The Morgan fingerprint density at radius 3 is 3.11 bits per heavy atom. The number of nitrogens with one attached hydrogen (secondary N) is 2. The predicted octanol–water partition coefficient (Wildman–Crippen LogP) is 2.84. The van der Waals surface area contributed by atoms with Crippen LogP contribution in [0.1, 0.15) is 32.6 Å². The summed E-state index contributed by atoms with van der Waals surface area (Å²) in [6.07, 6.45) is 5.46. The van der Waals surface area contributed by atoms with E-state index in [1.807, 2.05) is 0 Å². The highest BCUT2D eigenvalue weighted by Crippen LogP contribution is 2.33. The molecule has 1 aromatic rings. The second kappa shape index (κ2) is 6.35. The van der Waals surface area contributed by atoms with E-state index in [0.717, 1.165) is 38.8 Å². The van der Waals surface area contributed by atoms with Crippen molar-refractivity contribution >= 4 is 23.3 Å². The van der Waals surface area contributed by atoms with E-state index >= 15 is 0 Å². The molecule has 1 atom stereocenters. The van der Waals surface area contributed by atoms with Crippen LogP contribution in [0.2, 0.25) is 5.02 Å². The zero-order valence-electron chi connectivity index (χ0n) is 11.2. The van der Waals surface area contributed by atoms with Gasteiger partial charge in [0, 0.05) is 12.7 Å². The Kier molecular flexibility index (Phi) is 4.77. The van der Waals surface area contributed by atoms with Crippen molar-refractivity contribution in [2.75, 3.05) is 18.4 Å². The topological polar surface area (TPSA) is 54.0 Å². The molecule has 2 rings (SSSR count). The van der Waals surface area contributed by atoms with Crippen LogP contribution in [-0.2, 0) is 4.79 Å². The molecule has 2 heterocycles. The van der Waals surface area contributed by atoms with Crippen LogP contribution in [0.5, 0.6) is 0 Å². The van der Waals surface area contributed by atoms with Gasteiger partial charge in [-0.15, -0.1) is 0 Å². The molecule has 1 amide bonds. The van der Waals surface area contributed by atoms with Gasteiger partial charge in [0.2, 0.25) is 5.91 Å². The lowest BCUT2D eigenvalue weighted by molar-refractivity contribution is -0.127. The normalized spacial score (nSPS) is 23.1. The molecular weight excluding hydrogens is 262 g/mol. The van der Waals surface area contributed by atoms with Gasteiger partial charge >= 0.3 is 0 Å². The van der Waals surface area contributed by atoms with Crippen molar-refractivity contribution in [3.8, 4) is 0 Å². The first-order chi connectivity index (χ1) is 9.18. The Hall–Kier alpha value is -1.13. The largest absolute Gasteiger partial charge is 0.316 e. The van der Waals surface area contributed by atoms with Gasteiger partial charge < -0.3 is 10.6 Å². The van der Waals surface area contributed by atoms with Crippen molar-refractivity contribution < 1.29 is 4.79 Å². The first kappa shape index (κ1) is 14.3. The lowest BCUT2D eigenvalue weighted by Crippen LogP contribution is -2.48. The molecule has 0 spiro atoms. The summed E-state index contributed by atoms with van der Waals surface area (Å²) in [5, 5.41) is 6.69. The summed E-state index contributed by atoms with van der Waals surface area (Å²) in [4.78, 5) is 16.7.